The van der Waals surface area contributed by atoms with Crippen LogP contribution in [0.1, 0.15) is 0 Å². The van der Waals surface area contributed by atoms with Crippen molar-refractivity contribution in [2.75, 3.05) is 36.6 Å². The molecule has 10 heteroatoms. The molecule has 2 aliphatic heterocycles. The van der Waals surface area contributed by atoms with E-state index in [9.17, 15) is 9.18 Å². The van der Waals surface area contributed by atoms with Crippen LogP contribution in [0.2, 0.25) is 0 Å². The topological polar surface area (TPSA) is 89.3 Å². The molecule has 0 saturated carbocycles. The van der Waals surface area contributed by atoms with Gasteiger partial charge in [-0.25, -0.2) is 19.3 Å². The largest absolute Gasteiger partial charge is 0.377 e. The van der Waals surface area contributed by atoms with Crippen molar-refractivity contribution in [1.29, 1.82) is 0 Å². The molecule has 0 aromatic carbocycles. The van der Waals surface area contributed by atoms with Crippen LogP contribution in [0.4, 0.5) is 15.9 Å². The predicted molar refractivity (Wildman–Crippen MR) is 97.7 cm³/mol. The molecule has 5 rings (SSSR count). The van der Waals surface area contributed by atoms with Crippen LogP contribution in [0, 0.1) is 5.82 Å². The molecule has 0 bridgehead atoms. The summed E-state index contributed by atoms with van der Waals surface area (Å²) in [6.07, 6.45) is 6.09. The van der Waals surface area contributed by atoms with Gasteiger partial charge < -0.3 is 14.5 Å². The van der Waals surface area contributed by atoms with E-state index in [4.69, 9.17) is 9.72 Å². The van der Waals surface area contributed by atoms with Gasteiger partial charge in [0, 0.05) is 26.0 Å². The number of carbonyl (C=O) groups is 1. The number of halogens is 1. The van der Waals surface area contributed by atoms with Gasteiger partial charge in [-0.1, -0.05) is 0 Å². The number of anilines is 2. The molecule has 0 radical (unpaired) electrons. The molecule has 1 saturated heterocycles. The number of imidazole rings is 1. The van der Waals surface area contributed by atoms with Crippen molar-refractivity contribution in [2.45, 2.75) is 6.04 Å². The molecule has 142 valence electrons. The molecule has 1 unspecified atom stereocenters. The zero-order chi connectivity index (χ0) is 19.3. The van der Waals surface area contributed by atoms with Crippen molar-refractivity contribution < 1.29 is 13.9 Å². The van der Waals surface area contributed by atoms with E-state index in [1.165, 1.54) is 6.07 Å². The van der Waals surface area contributed by atoms with Gasteiger partial charge in [-0.05, 0) is 12.1 Å². The van der Waals surface area contributed by atoms with Crippen molar-refractivity contribution in [3.8, 4) is 17.5 Å². The first kappa shape index (κ1) is 16.8. The number of aromatic nitrogens is 5. The normalized spacial score (nSPS) is 18.8. The molecule has 28 heavy (non-hydrogen) atoms. The van der Waals surface area contributed by atoms with Crippen molar-refractivity contribution in [1.82, 2.24) is 24.5 Å². The number of likely N-dealkylation sites (N-methyl/N-ethyl adjacent to an activating group) is 1. The molecule has 2 aliphatic rings. The van der Waals surface area contributed by atoms with Gasteiger partial charge in [0.15, 0.2) is 11.6 Å². The fourth-order valence-corrected chi connectivity index (χ4v) is 3.49. The number of pyridine rings is 1. The molecular formula is C18H16FN7O2. The molecule has 0 spiro atoms. The van der Waals surface area contributed by atoms with Gasteiger partial charge in [0.25, 0.3) is 5.91 Å². The van der Waals surface area contributed by atoms with Gasteiger partial charge in [-0.15, -0.1) is 0 Å². The Labute approximate surface area is 159 Å². The van der Waals surface area contributed by atoms with Crippen LogP contribution in [-0.4, -0.2) is 63.3 Å². The number of hydrogen-bond acceptors (Lipinski definition) is 7. The van der Waals surface area contributed by atoms with Crippen molar-refractivity contribution in [3.05, 3.63) is 42.7 Å². The molecular weight excluding hydrogens is 365 g/mol. The monoisotopic (exact) mass is 381 g/mol. The number of carbonyl (C=O) groups excluding carboxylic acids is 1. The van der Waals surface area contributed by atoms with E-state index >= 15 is 0 Å². The fourth-order valence-electron chi connectivity index (χ4n) is 3.49. The maximum Gasteiger partial charge on any atom is 0.252 e. The van der Waals surface area contributed by atoms with Gasteiger partial charge in [0.05, 0.1) is 25.6 Å². The minimum Gasteiger partial charge on any atom is -0.377 e. The summed E-state index contributed by atoms with van der Waals surface area (Å²) < 4.78 is 20.4. The number of morpholine rings is 1. The maximum atomic E-state index is 13.2. The van der Waals surface area contributed by atoms with E-state index in [1.807, 2.05) is 4.90 Å². The van der Waals surface area contributed by atoms with E-state index in [0.29, 0.717) is 48.7 Å². The highest BCUT2D eigenvalue weighted by atomic mass is 19.1. The van der Waals surface area contributed by atoms with Crippen molar-refractivity contribution in [2.24, 2.45) is 0 Å². The average molecular weight is 381 g/mol. The van der Waals surface area contributed by atoms with Crippen molar-refractivity contribution >= 4 is 17.4 Å². The number of hydrogen-bond donors (Lipinski definition) is 0. The Bertz CT molecular complexity index is 1050. The fraction of sp³-hybridized carbons (Fsp3) is 0.278. The second kappa shape index (κ2) is 6.34. The highest BCUT2D eigenvalue weighted by Crippen LogP contribution is 2.35. The third-order valence-electron chi connectivity index (χ3n) is 4.93. The quantitative estimate of drug-likeness (QED) is 0.655. The Kier molecular flexibility index (Phi) is 3.79. The average Bonchev–Trinajstić information content (AvgIpc) is 3.22. The van der Waals surface area contributed by atoms with Crippen LogP contribution in [0.25, 0.3) is 17.5 Å². The standard InChI is InChI=1S/C18H16FN7O2/c1-24-13-9-22-18(23-16(13)25-6-7-28-10-14(25)17(24)27)26-5-4-20-15(26)12-3-2-11(19)8-21-12/h2-5,8-9,14H,6-7,10H2,1H3. The lowest BCUT2D eigenvalue weighted by Gasteiger charge is -2.42. The zero-order valence-electron chi connectivity index (χ0n) is 15.0. The van der Waals surface area contributed by atoms with Gasteiger partial charge in [-0.3, -0.25) is 9.36 Å². The zero-order valence-corrected chi connectivity index (χ0v) is 15.0. The summed E-state index contributed by atoms with van der Waals surface area (Å²) in [4.78, 5) is 33.7. The molecule has 1 atom stereocenters. The van der Waals surface area contributed by atoms with Gasteiger partial charge in [0.2, 0.25) is 5.95 Å². The molecule has 9 nitrogen and oxygen atoms in total. The van der Waals surface area contributed by atoms with Crippen LogP contribution >= 0.6 is 0 Å². The minimum atomic E-state index is -0.419. The van der Waals surface area contributed by atoms with E-state index in [2.05, 4.69) is 15.0 Å². The number of nitrogens with zero attached hydrogens (tertiary/aromatic N) is 7. The Morgan fingerprint density at radius 3 is 2.93 bits per heavy atom. The second-order valence-corrected chi connectivity index (χ2v) is 6.54. The Balaban J connectivity index is 1.60. The van der Waals surface area contributed by atoms with Gasteiger partial charge in [-0.2, -0.15) is 4.98 Å². The van der Waals surface area contributed by atoms with E-state index in [0.717, 1.165) is 6.20 Å². The molecule has 3 aromatic rings. The lowest BCUT2D eigenvalue weighted by molar-refractivity contribution is -0.122. The van der Waals surface area contributed by atoms with Crippen LogP contribution in [0.3, 0.4) is 0 Å². The summed E-state index contributed by atoms with van der Waals surface area (Å²) in [5, 5.41) is 0. The summed E-state index contributed by atoms with van der Waals surface area (Å²) in [7, 11) is 1.71. The second-order valence-electron chi connectivity index (χ2n) is 6.54. The highest BCUT2D eigenvalue weighted by Gasteiger charge is 2.40. The van der Waals surface area contributed by atoms with Gasteiger partial charge >= 0.3 is 0 Å². The molecule has 5 heterocycles. The maximum absolute atomic E-state index is 13.2. The van der Waals surface area contributed by atoms with Crippen LogP contribution in [0.15, 0.2) is 36.9 Å². The van der Waals surface area contributed by atoms with Crippen LogP contribution in [-0.2, 0) is 9.53 Å². The van der Waals surface area contributed by atoms with Crippen LogP contribution < -0.4 is 9.80 Å². The summed E-state index contributed by atoms with van der Waals surface area (Å²) in [5.41, 5.74) is 1.15. The number of fused-ring (bicyclic) bond motifs is 3. The summed E-state index contributed by atoms with van der Waals surface area (Å²) in [6, 6.07) is 2.49. The smallest absolute Gasteiger partial charge is 0.252 e. The SMILES string of the molecule is CN1C(=O)C2COCCN2c2nc(-n3ccnc3-c3ccc(F)cn3)ncc21. The lowest BCUT2D eigenvalue weighted by atomic mass is 10.1. The van der Waals surface area contributed by atoms with E-state index in [1.54, 1.807) is 41.2 Å². The van der Waals surface area contributed by atoms with E-state index in [-0.39, 0.29) is 5.91 Å². The molecule has 1 amide bonds. The number of amides is 1. The highest BCUT2D eigenvalue weighted by molar-refractivity contribution is 6.04. The van der Waals surface area contributed by atoms with Crippen molar-refractivity contribution in [3.63, 3.8) is 0 Å². The Hall–Kier alpha value is -3.40. The van der Waals surface area contributed by atoms with E-state index < -0.39 is 11.9 Å². The summed E-state index contributed by atoms with van der Waals surface area (Å²) in [6.45, 7) is 1.43. The molecule has 1 fully saturated rings. The number of ether oxygens (including phenoxy) is 1. The number of rotatable bonds is 2. The Morgan fingerprint density at radius 1 is 1.21 bits per heavy atom. The third kappa shape index (κ3) is 2.53. The minimum absolute atomic E-state index is 0.0395. The van der Waals surface area contributed by atoms with Gasteiger partial charge in [0.1, 0.15) is 23.2 Å². The summed E-state index contributed by atoms with van der Waals surface area (Å²) >= 11 is 0. The Morgan fingerprint density at radius 2 is 2.11 bits per heavy atom. The van der Waals surface area contributed by atoms with Crippen LogP contribution in [0.5, 0.6) is 0 Å². The lowest BCUT2D eigenvalue weighted by Crippen LogP contribution is -2.58. The first-order valence-corrected chi connectivity index (χ1v) is 8.78. The molecule has 0 aliphatic carbocycles. The summed E-state index contributed by atoms with van der Waals surface area (Å²) in [5.74, 6) is 1.11. The molecule has 3 aromatic heterocycles. The third-order valence-corrected chi connectivity index (χ3v) is 4.93. The molecule has 0 N–H and O–H groups in total. The first-order chi connectivity index (χ1) is 13.6. The first-order valence-electron chi connectivity index (χ1n) is 8.78. The predicted octanol–water partition coefficient (Wildman–Crippen LogP) is 1.04.